The zero-order valence-corrected chi connectivity index (χ0v) is 11.3. The molecule has 0 spiro atoms. The molecule has 2 heterocycles. The summed E-state index contributed by atoms with van der Waals surface area (Å²) in [5.41, 5.74) is 1.17. The van der Waals surface area contributed by atoms with E-state index in [1.165, 1.54) is 23.5 Å². The Morgan fingerprint density at radius 2 is 2.11 bits per heavy atom. The molecular weight excluding hydrogens is 319 g/mol. The topological polar surface area (TPSA) is 30.2 Å². The van der Waals surface area contributed by atoms with Crippen molar-refractivity contribution < 1.29 is 8.81 Å². The van der Waals surface area contributed by atoms with Crippen molar-refractivity contribution >= 4 is 38.2 Å². The van der Waals surface area contributed by atoms with E-state index in [1.54, 1.807) is 6.07 Å². The molecule has 0 bridgehead atoms. The summed E-state index contributed by atoms with van der Waals surface area (Å²) in [5.74, 6) is -0.375. The van der Waals surface area contributed by atoms with Gasteiger partial charge in [0, 0.05) is 5.39 Å². The highest BCUT2D eigenvalue weighted by atomic mass is 79.9. The van der Waals surface area contributed by atoms with Crippen molar-refractivity contribution in [1.82, 2.24) is 0 Å². The normalized spacial score (nSPS) is 11.0. The van der Waals surface area contributed by atoms with Gasteiger partial charge in [-0.25, -0.2) is 9.18 Å². The predicted molar refractivity (Wildman–Crippen MR) is 73.5 cm³/mol. The monoisotopic (exact) mass is 324 g/mol. The van der Waals surface area contributed by atoms with Gasteiger partial charge in [-0.05, 0) is 56.5 Å². The number of fused-ring (bicyclic) bond motifs is 1. The van der Waals surface area contributed by atoms with Crippen molar-refractivity contribution in [3.8, 4) is 11.1 Å². The van der Waals surface area contributed by atoms with Crippen LogP contribution >= 0.6 is 27.3 Å². The molecule has 0 saturated carbocycles. The first-order valence-electron chi connectivity index (χ1n) is 5.10. The molecule has 2 nitrogen and oxygen atoms in total. The van der Waals surface area contributed by atoms with Gasteiger partial charge in [-0.15, -0.1) is 0 Å². The molecule has 0 unspecified atom stereocenters. The van der Waals surface area contributed by atoms with E-state index >= 15 is 0 Å². The van der Waals surface area contributed by atoms with Gasteiger partial charge in [0.15, 0.2) is 5.58 Å². The third kappa shape index (κ3) is 1.89. The summed E-state index contributed by atoms with van der Waals surface area (Å²) in [6, 6.07) is 6.10. The van der Waals surface area contributed by atoms with Gasteiger partial charge in [0.1, 0.15) is 5.82 Å². The number of halogens is 2. The maximum absolute atomic E-state index is 13.3. The lowest BCUT2D eigenvalue weighted by molar-refractivity contribution is 0.559. The van der Waals surface area contributed by atoms with Crippen LogP contribution in [-0.4, -0.2) is 0 Å². The smallest absolute Gasteiger partial charge is 0.344 e. The summed E-state index contributed by atoms with van der Waals surface area (Å²) in [4.78, 5) is 11.9. The van der Waals surface area contributed by atoms with Crippen molar-refractivity contribution in [3.63, 3.8) is 0 Å². The fourth-order valence-electron chi connectivity index (χ4n) is 1.78. The molecule has 0 atom stereocenters. The second-order valence-electron chi connectivity index (χ2n) is 3.77. The van der Waals surface area contributed by atoms with E-state index in [1.807, 2.05) is 16.8 Å². The van der Waals surface area contributed by atoms with E-state index in [4.69, 9.17) is 4.42 Å². The van der Waals surface area contributed by atoms with E-state index in [9.17, 15) is 9.18 Å². The van der Waals surface area contributed by atoms with Crippen LogP contribution < -0.4 is 5.63 Å². The van der Waals surface area contributed by atoms with E-state index in [2.05, 4.69) is 15.9 Å². The van der Waals surface area contributed by atoms with E-state index in [0.717, 1.165) is 5.56 Å². The van der Waals surface area contributed by atoms with Crippen LogP contribution in [0.25, 0.3) is 22.1 Å². The Bertz CT molecular complexity index is 778. The van der Waals surface area contributed by atoms with Crippen LogP contribution in [0.1, 0.15) is 0 Å². The Kier molecular flexibility index (Phi) is 2.80. The average Bonchev–Trinajstić information content (AvgIpc) is 2.83. The van der Waals surface area contributed by atoms with Crippen LogP contribution in [0.5, 0.6) is 0 Å². The maximum atomic E-state index is 13.3. The molecule has 90 valence electrons. The predicted octanol–water partition coefficient (Wildman–Crippen LogP) is 4.42. The van der Waals surface area contributed by atoms with Gasteiger partial charge in [0.05, 0.1) is 10.0 Å². The van der Waals surface area contributed by atoms with Crippen molar-refractivity contribution in [3.05, 3.63) is 55.7 Å². The highest BCUT2D eigenvalue weighted by molar-refractivity contribution is 9.10. The van der Waals surface area contributed by atoms with Gasteiger partial charge in [-0.2, -0.15) is 11.3 Å². The minimum Gasteiger partial charge on any atom is -0.421 e. The molecule has 0 aliphatic rings. The molecule has 0 aliphatic carbocycles. The third-order valence-corrected chi connectivity index (χ3v) is 3.86. The first kappa shape index (κ1) is 11.6. The minimum absolute atomic E-state index is 0.361. The van der Waals surface area contributed by atoms with Gasteiger partial charge in [0.25, 0.3) is 0 Å². The SMILES string of the molecule is O=c1oc2c(Br)cc(F)cc2cc1-c1ccsc1. The zero-order valence-electron chi connectivity index (χ0n) is 8.94. The number of hydrogen-bond donors (Lipinski definition) is 0. The Balaban J connectivity index is 2.37. The standard InChI is InChI=1S/C13H6BrFO2S/c14-11-5-9(15)3-8-4-10(7-1-2-18-6-7)13(16)17-12(8)11/h1-6H. The van der Waals surface area contributed by atoms with E-state index in [-0.39, 0.29) is 5.82 Å². The van der Waals surface area contributed by atoms with Crippen molar-refractivity contribution in [2.75, 3.05) is 0 Å². The van der Waals surface area contributed by atoms with Crippen LogP contribution in [0.2, 0.25) is 0 Å². The van der Waals surface area contributed by atoms with Crippen LogP contribution in [0.3, 0.4) is 0 Å². The molecule has 0 fully saturated rings. The number of rotatable bonds is 1. The summed E-state index contributed by atoms with van der Waals surface area (Å²) >= 11 is 4.68. The quantitative estimate of drug-likeness (QED) is 0.620. The first-order valence-corrected chi connectivity index (χ1v) is 6.84. The second kappa shape index (κ2) is 4.33. The van der Waals surface area contributed by atoms with Gasteiger partial charge in [0.2, 0.25) is 0 Å². The molecule has 0 aliphatic heterocycles. The molecule has 2 aromatic heterocycles. The lowest BCUT2D eigenvalue weighted by Crippen LogP contribution is -2.02. The Labute approximate surface area is 114 Å². The summed E-state index contributed by atoms with van der Waals surface area (Å²) in [6.45, 7) is 0. The second-order valence-corrected chi connectivity index (χ2v) is 5.40. The molecule has 0 amide bonds. The molecule has 1 aromatic carbocycles. The minimum atomic E-state index is -0.423. The molecule has 18 heavy (non-hydrogen) atoms. The third-order valence-electron chi connectivity index (χ3n) is 2.58. The van der Waals surface area contributed by atoms with Crippen molar-refractivity contribution in [1.29, 1.82) is 0 Å². The van der Waals surface area contributed by atoms with E-state index < -0.39 is 5.63 Å². The number of hydrogen-bond acceptors (Lipinski definition) is 3. The average molecular weight is 325 g/mol. The fourth-order valence-corrected chi connectivity index (χ4v) is 2.96. The molecule has 3 aromatic rings. The molecule has 5 heteroatoms. The Hall–Kier alpha value is -1.46. The van der Waals surface area contributed by atoms with Crippen LogP contribution in [-0.2, 0) is 0 Å². The molecular formula is C13H6BrFO2S. The summed E-state index contributed by atoms with van der Waals surface area (Å²) in [7, 11) is 0. The summed E-state index contributed by atoms with van der Waals surface area (Å²) in [5, 5.41) is 4.29. The fraction of sp³-hybridized carbons (Fsp3) is 0. The molecule has 0 saturated heterocycles. The maximum Gasteiger partial charge on any atom is 0.344 e. The molecule has 0 N–H and O–H groups in total. The lowest BCUT2D eigenvalue weighted by atomic mass is 10.1. The summed E-state index contributed by atoms with van der Waals surface area (Å²) in [6.07, 6.45) is 0. The van der Waals surface area contributed by atoms with Crippen molar-refractivity contribution in [2.45, 2.75) is 0 Å². The van der Waals surface area contributed by atoms with Gasteiger partial charge >= 0.3 is 5.63 Å². The van der Waals surface area contributed by atoms with Crippen LogP contribution in [0.4, 0.5) is 4.39 Å². The number of thiophene rings is 1. The highest BCUT2D eigenvalue weighted by Crippen LogP contribution is 2.28. The first-order chi connectivity index (χ1) is 8.65. The Morgan fingerprint density at radius 3 is 2.83 bits per heavy atom. The molecule has 3 rings (SSSR count). The van der Waals surface area contributed by atoms with Crippen LogP contribution in [0, 0.1) is 5.82 Å². The Morgan fingerprint density at radius 1 is 1.28 bits per heavy atom. The van der Waals surface area contributed by atoms with Crippen LogP contribution in [0.15, 0.2) is 48.7 Å². The van der Waals surface area contributed by atoms with Gasteiger partial charge in [-0.1, -0.05) is 0 Å². The van der Waals surface area contributed by atoms with Gasteiger partial charge < -0.3 is 4.42 Å². The summed E-state index contributed by atoms with van der Waals surface area (Å²) < 4.78 is 19.0. The zero-order chi connectivity index (χ0) is 12.7. The lowest BCUT2D eigenvalue weighted by Gasteiger charge is -2.02. The van der Waals surface area contributed by atoms with E-state index in [0.29, 0.717) is 21.0 Å². The highest BCUT2D eigenvalue weighted by Gasteiger charge is 2.11. The van der Waals surface area contributed by atoms with Crippen molar-refractivity contribution in [2.24, 2.45) is 0 Å². The number of benzene rings is 1. The van der Waals surface area contributed by atoms with Gasteiger partial charge in [-0.3, -0.25) is 0 Å². The largest absolute Gasteiger partial charge is 0.421 e. The molecule has 0 radical (unpaired) electrons.